The molecule has 0 radical (unpaired) electrons. The summed E-state index contributed by atoms with van der Waals surface area (Å²) >= 11 is 6.01. The first-order chi connectivity index (χ1) is 9.61. The van der Waals surface area contributed by atoms with Gasteiger partial charge in [-0.25, -0.2) is 0 Å². The van der Waals surface area contributed by atoms with Crippen molar-refractivity contribution in [2.45, 2.75) is 19.4 Å². The van der Waals surface area contributed by atoms with E-state index in [0.29, 0.717) is 24.8 Å². The molecule has 1 heterocycles. The first-order valence-electron chi connectivity index (χ1n) is 6.77. The van der Waals surface area contributed by atoms with Crippen LogP contribution in [0.2, 0.25) is 5.02 Å². The largest absolute Gasteiger partial charge is 0.496 e. The zero-order chi connectivity index (χ0) is 14.5. The van der Waals surface area contributed by atoms with Crippen molar-refractivity contribution in [3.63, 3.8) is 0 Å². The summed E-state index contributed by atoms with van der Waals surface area (Å²) in [6.07, 6.45) is 1.60. The zero-order valence-corrected chi connectivity index (χ0v) is 12.7. The molecule has 0 spiro atoms. The topological polar surface area (TPSA) is 38.8 Å². The number of hydrogen-bond acceptors (Lipinski definition) is 3. The number of benzene rings is 1. The minimum absolute atomic E-state index is 0.0685. The Hall–Kier alpha value is -1.26. The van der Waals surface area contributed by atoms with Crippen LogP contribution >= 0.6 is 11.6 Å². The van der Waals surface area contributed by atoms with Crippen LogP contribution in [-0.4, -0.2) is 38.2 Å². The molecule has 20 heavy (non-hydrogen) atoms. The molecule has 1 aromatic carbocycles. The van der Waals surface area contributed by atoms with Crippen molar-refractivity contribution < 1.29 is 14.3 Å². The van der Waals surface area contributed by atoms with Gasteiger partial charge in [0.1, 0.15) is 5.75 Å². The van der Waals surface area contributed by atoms with Crippen LogP contribution in [0, 0.1) is 5.92 Å². The van der Waals surface area contributed by atoms with Crippen molar-refractivity contribution in [1.29, 1.82) is 0 Å². The Kier molecular flexibility index (Phi) is 5.26. The van der Waals surface area contributed by atoms with Crippen molar-refractivity contribution in [1.82, 2.24) is 4.90 Å². The molecule has 1 amide bonds. The fourth-order valence-corrected chi connectivity index (χ4v) is 2.66. The molecule has 1 aliphatic heterocycles. The number of methoxy groups -OCH3 is 1. The van der Waals surface area contributed by atoms with Gasteiger partial charge in [-0.2, -0.15) is 0 Å². The summed E-state index contributed by atoms with van der Waals surface area (Å²) in [6.45, 7) is 1.84. The van der Waals surface area contributed by atoms with Crippen LogP contribution < -0.4 is 4.74 Å². The highest BCUT2D eigenvalue weighted by Crippen LogP contribution is 2.25. The molecule has 0 saturated carbocycles. The minimum atomic E-state index is 0.0685. The summed E-state index contributed by atoms with van der Waals surface area (Å²) in [6, 6.07) is 5.45. The highest BCUT2D eigenvalue weighted by molar-refractivity contribution is 6.30. The highest BCUT2D eigenvalue weighted by Gasteiger charge is 2.24. The molecule has 0 unspecified atom stereocenters. The van der Waals surface area contributed by atoms with E-state index < -0.39 is 0 Å². The molecule has 2 rings (SSSR count). The molecule has 0 aliphatic carbocycles. The van der Waals surface area contributed by atoms with E-state index >= 15 is 0 Å². The molecule has 0 aromatic heterocycles. The number of nitrogens with zero attached hydrogens (tertiary/aromatic N) is 1. The molecule has 1 aromatic rings. The molecular weight excluding hydrogens is 278 g/mol. The van der Waals surface area contributed by atoms with Crippen LogP contribution in [0.15, 0.2) is 18.2 Å². The normalized spacial score (nSPS) is 15.9. The third-order valence-corrected chi connectivity index (χ3v) is 3.83. The number of amides is 1. The van der Waals surface area contributed by atoms with Crippen molar-refractivity contribution in [3.8, 4) is 5.75 Å². The van der Waals surface area contributed by atoms with Crippen molar-refractivity contribution >= 4 is 17.5 Å². The smallest absolute Gasteiger partial charge is 0.225 e. The second kappa shape index (κ2) is 6.95. The zero-order valence-electron chi connectivity index (χ0n) is 11.9. The maximum Gasteiger partial charge on any atom is 0.225 e. The van der Waals surface area contributed by atoms with Crippen molar-refractivity contribution in [3.05, 3.63) is 28.8 Å². The monoisotopic (exact) mass is 297 g/mol. The SMILES string of the molecule is COc1ccc(Cl)cc1CN(C)C(=O)C1CCOCC1. The fourth-order valence-electron chi connectivity index (χ4n) is 2.46. The van der Waals surface area contributed by atoms with Gasteiger partial charge in [0.15, 0.2) is 0 Å². The lowest BCUT2D eigenvalue weighted by atomic mass is 9.98. The Morgan fingerprint density at radius 3 is 2.80 bits per heavy atom. The second-order valence-electron chi connectivity index (χ2n) is 5.04. The van der Waals surface area contributed by atoms with Gasteiger partial charge >= 0.3 is 0 Å². The van der Waals surface area contributed by atoms with Gasteiger partial charge in [-0.1, -0.05) is 11.6 Å². The molecule has 5 heteroatoms. The van der Waals surface area contributed by atoms with Crippen LogP contribution in [0.5, 0.6) is 5.75 Å². The predicted molar refractivity (Wildman–Crippen MR) is 78.0 cm³/mol. The molecule has 1 fully saturated rings. The quantitative estimate of drug-likeness (QED) is 0.858. The second-order valence-corrected chi connectivity index (χ2v) is 5.47. The molecule has 4 nitrogen and oxygen atoms in total. The van der Waals surface area contributed by atoms with Crippen LogP contribution in [0.4, 0.5) is 0 Å². The third kappa shape index (κ3) is 3.64. The maximum atomic E-state index is 12.4. The van der Waals surface area contributed by atoms with Crippen LogP contribution in [0.1, 0.15) is 18.4 Å². The van der Waals surface area contributed by atoms with Gasteiger partial charge in [-0.3, -0.25) is 4.79 Å². The van der Waals surface area contributed by atoms with Gasteiger partial charge in [-0.05, 0) is 31.0 Å². The van der Waals surface area contributed by atoms with E-state index in [2.05, 4.69) is 0 Å². The van der Waals surface area contributed by atoms with E-state index in [0.717, 1.165) is 24.2 Å². The van der Waals surface area contributed by atoms with Gasteiger partial charge in [0, 0.05) is 43.3 Å². The van der Waals surface area contributed by atoms with E-state index in [9.17, 15) is 4.79 Å². The molecule has 0 atom stereocenters. The van der Waals surface area contributed by atoms with E-state index in [1.165, 1.54) is 0 Å². The summed E-state index contributed by atoms with van der Waals surface area (Å²) in [5.74, 6) is 0.982. The average Bonchev–Trinajstić information content (AvgIpc) is 2.47. The standard InChI is InChI=1S/C15H20ClNO3/c1-17(15(18)11-5-7-20-8-6-11)10-12-9-13(16)3-4-14(12)19-2/h3-4,9,11H,5-8,10H2,1-2H3. The van der Waals surface area contributed by atoms with Crippen LogP contribution in [-0.2, 0) is 16.1 Å². The van der Waals surface area contributed by atoms with Gasteiger partial charge in [0.25, 0.3) is 0 Å². The first-order valence-corrected chi connectivity index (χ1v) is 7.14. The van der Waals surface area contributed by atoms with E-state index in [-0.39, 0.29) is 11.8 Å². The fraction of sp³-hybridized carbons (Fsp3) is 0.533. The van der Waals surface area contributed by atoms with Gasteiger partial charge in [0.2, 0.25) is 5.91 Å². The number of ether oxygens (including phenoxy) is 2. The molecule has 0 bridgehead atoms. The number of rotatable bonds is 4. The number of carbonyl (C=O) groups excluding carboxylic acids is 1. The Morgan fingerprint density at radius 1 is 1.45 bits per heavy atom. The molecular formula is C15H20ClNO3. The Labute approximate surface area is 124 Å². The van der Waals surface area contributed by atoms with Gasteiger partial charge in [0.05, 0.1) is 7.11 Å². The third-order valence-electron chi connectivity index (χ3n) is 3.60. The van der Waals surface area contributed by atoms with E-state index in [1.807, 2.05) is 19.2 Å². The summed E-state index contributed by atoms with van der Waals surface area (Å²) in [5.41, 5.74) is 0.919. The summed E-state index contributed by atoms with van der Waals surface area (Å²) in [7, 11) is 3.44. The van der Waals surface area contributed by atoms with Crippen LogP contribution in [0.25, 0.3) is 0 Å². The van der Waals surface area contributed by atoms with Crippen molar-refractivity contribution in [2.24, 2.45) is 5.92 Å². The number of halogens is 1. The Morgan fingerprint density at radius 2 is 2.15 bits per heavy atom. The van der Waals surface area contributed by atoms with Crippen LogP contribution in [0.3, 0.4) is 0 Å². The lowest BCUT2D eigenvalue weighted by Crippen LogP contribution is -2.35. The Bertz CT molecular complexity index is 472. The lowest BCUT2D eigenvalue weighted by Gasteiger charge is -2.27. The first kappa shape index (κ1) is 15.1. The molecule has 1 aliphatic rings. The molecule has 110 valence electrons. The summed E-state index contributed by atoms with van der Waals surface area (Å²) < 4.78 is 10.6. The Balaban J connectivity index is 2.04. The summed E-state index contributed by atoms with van der Waals surface area (Å²) in [5, 5.41) is 0.646. The summed E-state index contributed by atoms with van der Waals surface area (Å²) in [4.78, 5) is 14.1. The lowest BCUT2D eigenvalue weighted by molar-refractivity contribution is -0.137. The van der Waals surface area contributed by atoms with E-state index in [1.54, 1.807) is 18.1 Å². The average molecular weight is 298 g/mol. The number of hydrogen-bond donors (Lipinski definition) is 0. The van der Waals surface area contributed by atoms with Crippen molar-refractivity contribution in [2.75, 3.05) is 27.4 Å². The molecule has 1 saturated heterocycles. The highest BCUT2D eigenvalue weighted by atomic mass is 35.5. The minimum Gasteiger partial charge on any atom is -0.496 e. The molecule has 0 N–H and O–H groups in total. The predicted octanol–water partition coefficient (Wildman–Crippen LogP) is 2.73. The van der Waals surface area contributed by atoms with Gasteiger partial charge in [-0.15, -0.1) is 0 Å². The van der Waals surface area contributed by atoms with E-state index in [4.69, 9.17) is 21.1 Å². The number of carbonyl (C=O) groups is 1. The maximum absolute atomic E-state index is 12.4. The van der Waals surface area contributed by atoms with Gasteiger partial charge < -0.3 is 14.4 Å².